The highest BCUT2D eigenvalue weighted by Crippen LogP contribution is 2.23. The largest absolute Gasteiger partial charge is 0.312 e. The summed E-state index contributed by atoms with van der Waals surface area (Å²) in [5.41, 5.74) is 2.00. The fourth-order valence-corrected chi connectivity index (χ4v) is 3.00. The summed E-state index contributed by atoms with van der Waals surface area (Å²) >= 11 is 1.67. The molecule has 0 spiro atoms. The van der Waals surface area contributed by atoms with Crippen molar-refractivity contribution in [3.8, 4) is 10.6 Å². The molecule has 0 amide bonds. The van der Waals surface area contributed by atoms with Crippen LogP contribution in [0.25, 0.3) is 10.6 Å². The Labute approximate surface area is 124 Å². The van der Waals surface area contributed by atoms with Crippen molar-refractivity contribution < 1.29 is 0 Å². The summed E-state index contributed by atoms with van der Waals surface area (Å²) in [6.07, 6.45) is 2.32. The first-order chi connectivity index (χ1) is 9.77. The van der Waals surface area contributed by atoms with Crippen LogP contribution in [0.1, 0.15) is 32.3 Å². The van der Waals surface area contributed by atoms with Crippen molar-refractivity contribution in [3.05, 3.63) is 45.6 Å². The molecular formula is C16H22N2OS. The van der Waals surface area contributed by atoms with Crippen LogP contribution in [0.4, 0.5) is 0 Å². The first-order valence-electron chi connectivity index (χ1n) is 7.25. The Hall–Kier alpha value is -1.39. The number of hydrogen-bond acceptors (Lipinski definition) is 3. The van der Waals surface area contributed by atoms with Crippen LogP contribution in [0, 0.1) is 0 Å². The molecule has 0 radical (unpaired) electrons. The van der Waals surface area contributed by atoms with Crippen molar-refractivity contribution in [1.29, 1.82) is 0 Å². The van der Waals surface area contributed by atoms with Gasteiger partial charge in [-0.3, -0.25) is 4.79 Å². The van der Waals surface area contributed by atoms with E-state index in [1.165, 1.54) is 6.42 Å². The normalized spacial score (nSPS) is 10.9. The highest BCUT2D eigenvalue weighted by molar-refractivity contribution is 7.13. The lowest BCUT2D eigenvalue weighted by Gasteiger charge is -2.12. The van der Waals surface area contributed by atoms with E-state index in [2.05, 4.69) is 24.4 Å². The van der Waals surface area contributed by atoms with Crippen molar-refractivity contribution in [2.24, 2.45) is 0 Å². The molecule has 2 rings (SSSR count). The van der Waals surface area contributed by atoms with Crippen molar-refractivity contribution in [3.63, 3.8) is 0 Å². The van der Waals surface area contributed by atoms with Crippen LogP contribution in [0.15, 0.2) is 34.4 Å². The van der Waals surface area contributed by atoms with E-state index >= 15 is 0 Å². The molecule has 0 saturated heterocycles. The Bertz CT molecular complexity index is 587. The zero-order chi connectivity index (χ0) is 14.4. The molecule has 20 heavy (non-hydrogen) atoms. The van der Waals surface area contributed by atoms with Gasteiger partial charge in [0.15, 0.2) is 0 Å². The maximum absolute atomic E-state index is 12.5. The number of nitrogens with one attached hydrogen (secondary N) is 1. The molecule has 3 nitrogen and oxygen atoms in total. The van der Waals surface area contributed by atoms with Gasteiger partial charge in [0.1, 0.15) is 0 Å². The molecule has 2 aromatic heterocycles. The molecule has 2 aromatic rings. The number of nitrogens with zero attached hydrogens (tertiary/aromatic N) is 1. The van der Waals surface area contributed by atoms with Gasteiger partial charge in [-0.1, -0.05) is 25.5 Å². The lowest BCUT2D eigenvalue weighted by Crippen LogP contribution is -2.28. The van der Waals surface area contributed by atoms with Gasteiger partial charge in [0.2, 0.25) is 0 Å². The van der Waals surface area contributed by atoms with Crippen molar-refractivity contribution in [2.45, 2.75) is 39.8 Å². The number of thiophene rings is 1. The van der Waals surface area contributed by atoms with Gasteiger partial charge in [-0.05, 0) is 37.4 Å². The van der Waals surface area contributed by atoms with Gasteiger partial charge in [0.05, 0.1) is 10.6 Å². The Morgan fingerprint density at radius 3 is 2.75 bits per heavy atom. The second-order valence-corrected chi connectivity index (χ2v) is 5.75. The molecule has 0 aliphatic rings. The lowest BCUT2D eigenvalue weighted by molar-refractivity contribution is 0.629. The summed E-state index contributed by atoms with van der Waals surface area (Å²) in [4.78, 5) is 13.7. The number of pyridine rings is 1. The van der Waals surface area contributed by atoms with Crippen LogP contribution in [-0.2, 0) is 13.1 Å². The van der Waals surface area contributed by atoms with E-state index in [0.29, 0.717) is 13.1 Å². The van der Waals surface area contributed by atoms with Gasteiger partial charge in [-0.15, -0.1) is 11.3 Å². The fraction of sp³-hybridized carbons (Fsp3) is 0.438. The van der Waals surface area contributed by atoms with E-state index < -0.39 is 0 Å². The maximum atomic E-state index is 12.5. The molecule has 0 aliphatic carbocycles. The summed E-state index contributed by atoms with van der Waals surface area (Å²) in [5.74, 6) is 0. The molecule has 0 saturated carbocycles. The number of rotatable bonds is 7. The molecule has 108 valence electrons. The molecule has 0 aliphatic heterocycles. The van der Waals surface area contributed by atoms with E-state index in [4.69, 9.17) is 0 Å². The summed E-state index contributed by atoms with van der Waals surface area (Å²) in [5, 5.41) is 5.38. The minimum Gasteiger partial charge on any atom is -0.312 e. The van der Waals surface area contributed by atoms with Crippen LogP contribution >= 0.6 is 11.3 Å². The minimum absolute atomic E-state index is 0.127. The van der Waals surface area contributed by atoms with Gasteiger partial charge in [0.25, 0.3) is 5.56 Å². The average Bonchev–Trinajstić information content (AvgIpc) is 2.98. The lowest BCUT2D eigenvalue weighted by atomic mass is 10.2. The van der Waals surface area contributed by atoms with E-state index in [1.54, 1.807) is 11.3 Å². The van der Waals surface area contributed by atoms with Gasteiger partial charge in [-0.2, -0.15) is 0 Å². The maximum Gasteiger partial charge on any atom is 0.255 e. The Morgan fingerprint density at radius 2 is 2.10 bits per heavy atom. The molecule has 0 fully saturated rings. The highest BCUT2D eigenvalue weighted by atomic mass is 32.1. The first kappa shape index (κ1) is 15.0. The van der Waals surface area contributed by atoms with Gasteiger partial charge < -0.3 is 9.88 Å². The SMILES string of the molecule is CCCCNCc1ccc(-c2cccs2)n(CC)c1=O. The van der Waals surface area contributed by atoms with Crippen LogP contribution in [0.3, 0.4) is 0 Å². The van der Waals surface area contributed by atoms with Crippen molar-refractivity contribution >= 4 is 11.3 Å². The summed E-state index contributed by atoms with van der Waals surface area (Å²) in [6.45, 7) is 6.52. The molecule has 0 unspecified atom stereocenters. The molecule has 0 aromatic carbocycles. The number of unbranched alkanes of at least 4 members (excludes halogenated alkanes) is 1. The quantitative estimate of drug-likeness (QED) is 0.792. The van der Waals surface area contributed by atoms with E-state index in [0.717, 1.165) is 29.1 Å². The second-order valence-electron chi connectivity index (χ2n) is 4.80. The smallest absolute Gasteiger partial charge is 0.255 e. The van der Waals surface area contributed by atoms with Crippen molar-refractivity contribution in [1.82, 2.24) is 9.88 Å². The van der Waals surface area contributed by atoms with Crippen LogP contribution < -0.4 is 10.9 Å². The predicted molar refractivity (Wildman–Crippen MR) is 86.3 cm³/mol. The summed E-state index contributed by atoms with van der Waals surface area (Å²) in [6, 6.07) is 8.10. The predicted octanol–water partition coefficient (Wildman–Crippen LogP) is 3.49. The van der Waals surface area contributed by atoms with Crippen LogP contribution in [-0.4, -0.2) is 11.1 Å². The number of hydrogen-bond donors (Lipinski definition) is 1. The summed E-state index contributed by atoms with van der Waals surface area (Å²) < 4.78 is 1.86. The monoisotopic (exact) mass is 290 g/mol. The minimum atomic E-state index is 0.127. The molecule has 1 N–H and O–H groups in total. The Kier molecular flexibility index (Phi) is 5.56. The molecular weight excluding hydrogens is 268 g/mol. The third-order valence-corrected chi connectivity index (χ3v) is 4.26. The van der Waals surface area contributed by atoms with E-state index in [-0.39, 0.29) is 5.56 Å². The topological polar surface area (TPSA) is 34.0 Å². The van der Waals surface area contributed by atoms with Gasteiger partial charge in [-0.25, -0.2) is 0 Å². The number of aromatic nitrogens is 1. The molecule has 0 atom stereocenters. The zero-order valence-corrected chi connectivity index (χ0v) is 13.0. The van der Waals surface area contributed by atoms with Crippen molar-refractivity contribution in [2.75, 3.05) is 6.54 Å². The van der Waals surface area contributed by atoms with E-state index in [1.807, 2.05) is 29.0 Å². The fourth-order valence-electron chi connectivity index (χ4n) is 2.24. The Balaban J connectivity index is 2.23. The molecule has 0 bridgehead atoms. The van der Waals surface area contributed by atoms with Crippen LogP contribution in [0.5, 0.6) is 0 Å². The summed E-state index contributed by atoms with van der Waals surface area (Å²) in [7, 11) is 0. The molecule has 4 heteroatoms. The second kappa shape index (κ2) is 7.41. The third-order valence-electron chi connectivity index (χ3n) is 3.37. The Morgan fingerprint density at radius 1 is 1.25 bits per heavy atom. The van der Waals surface area contributed by atoms with Crippen LogP contribution in [0.2, 0.25) is 0 Å². The van der Waals surface area contributed by atoms with E-state index in [9.17, 15) is 4.79 Å². The highest BCUT2D eigenvalue weighted by Gasteiger charge is 2.09. The zero-order valence-electron chi connectivity index (χ0n) is 12.2. The standard InChI is InChI=1S/C16H22N2OS/c1-3-5-10-17-12-13-8-9-14(15-7-6-11-20-15)18(4-2)16(13)19/h6-9,11,17H,3-5,10,12H2,1-2H3. The third kappa shape index (κ3) is 3.38. The first-order valence-corrected chi connectivity index (χ1v) is 8.13. The van der Waals surface area contributed by atoms with Gasteiger partial charge in [0, 0.05) is 18.7 Å². The molecule has 2 heterocycles. The van der Waals surface area contributed by atoms with Gasteiger partial charge >= 0.3 is 0 Å². The average molecular weight is 290 g/mol.